The van der Waals surface area contributed by atoms with E-state index in [1.165, 1.54) is 0 Å². The standard InChI is InChI=1S/C21H18N2O5S/c24-19-13-29-21(26)23(19)10-9-22-20(25)18-8-7-17(28-18)12-27-16-6-5-14-3-1-2-4-15(14)11-16/h1-8,11H,9-10,12-13H2,(H,22,25). The molecule has 3 amide bonds. The third-order valence-corrected chi connectivity index (χ3v) is 5.31. The average molecular weight is 410 g/mol. The highest BCUT2D eigenvalue weighted by Gasteiger charge is 2.29. The van der Waals surface area contributed by atoms with Crippen LogP contribution in [0.1, 0.15) is 16.3 Å². The fourth-order valence-corrected chi connectivity index (χ4v) is 3.71. The largest absolute Gasteiger partial charge is 0.486 e. The smallest absolute Gasteiger partial charge is 0.288 e. The normalized spacial score (nSPS) is 13.9. The first kappa shape index (κ1) is 19.1. The third kappa shape index (κ3) is 4.43. The molecule has 0 spiro atoms. The first-order valence-electron chi connectivity index (χ1n) is 9.06. The lowest BCUT2D eigenvalue weighted by molar-refractivity contribution is -0.124. The summed E-state index contributed by atoms with van der Waals surface area (Å²) in [6.07, 6.45) is 0. The zero-order valence-electron chi connectivity index (χ0n) is 15.4. The number of rotatable bonds is 7. The zero-order valence-corrected chi connectivity index (χ0v) is 16.2. The Morgan fingerprint density at radius 3 is 2.72 bits per heavy atom. The Kier molecular flexibility index (Phi) is 5.53. The second-order valence-electron chi connectivity index (χ2n) is 6.42. The maximum Gasteiger partial charge on any atom is 0.288 e. The van der Waals surface area contributed by atoms with E-state index in [9.17, 15) is 14.4 Å². The fraction of sp³-hybridized carbons (Fsp3) is 0.190. The number of fused-ring (bicyclic) bond motifs is 1. The number of nitrogens with zero attached hydrogens (tertiary/aromatic N) is 1. The van der Waals surface area contributed by atoms with Crippen molar-refractivity contribution in [1.82, 2.24) is 10.2 Å². The third-order valence-electron chi connectivity index (χ3n) is 4.45. The lowest BCUT2D eigenvalue weighted by atomic mass is 10.1. The molecule has 2 heterocycles. The van der Waals surface area contributed by atoms with Gasteiger partial charge in [-0.05, 0) is 35.0 Å². The number of hydrogen-bond acceptors (Lipinski definition) is 6. The van der Waals surface area contributed by atoms with E-state index in [0.717, 1.165) is 27.4 Å². The van der Waals surface area contributed by atoms with Crippen molar-refractivity contribution >= 4 is 39.6 Å². The van der Waals surface area contributed by atoms with E-state index in [1.807, 2.05) is 42.5 Å². The molecule has 29 heavy (non-hydrogen) atoms. The molecular formula is C21H18N2O5S. The lowest BCUT2D eigenvalue weighted by Gasteiger charge is -2.12. The second-order valence-corrected chi connectivity index (χ2v) is 7.35. The minimum Gasteiger partial charge on any atom is -0.486 e. The van der Waals surface area contributed by atoms with Crippen molar-refractivity contribution in [3.8, 4) is 5.75 Å². The van der Waals surface area contributed by atoms with E-state index in [0.29, 0.717) is 11.5 Å². The summed E-state index contributed by atoms with van der Waals surface area (Å²) in [5.74, 6) is 0.893. The number of carbonyl (C=O) groups is 3. The summed E-state index contributed by atoms with van der Waals surface area (Å²) in [6, 6.07) is 17.1. The molecule has 0 atom stereocenters. The van der Waals surface area contributed by atoms with Gasteiger partial charge in [-0.1, -0.05) is 42.1 Å². The highest BCUT2D eigenvalue weighted by Crippen LogP contribution is 2.22. The van der Waals surface area contributed by atoms with E-state index < -0.39 is 5.91 Å². The van der Waals surface area contributed by atoms with Gasteiger partial charge in [0.25, 0.3) is 11.1 Å². The van der Waals surface area contributed by atoms with Gasteiger partial charge in [-0.15, -0.1) is 0 Å². The van der Waals surface area contributed by atoms with Crippen molar-refractivity contribution < 1.29 is 23.5 Å². The summed E-state index contributed by atoms with van der Waals surface area (Å²) < 4.78 is 11.3. The van der Waals surface area contributed by atoms with Crippen LogP contribution in [0.3, 0.4) is 0 Å². The van der Waals surface area contributed by atoms with Crippen LogP contribution in [-0.2, 0) is 11.4 Å². The van der Waals surface area contributed by atoms with Crippen molar-refractivity contribution in [2.75, 3.05) is 18.8 Å². The van der Waals surface area contributed by atoms with Crippen molar-refractivity contribution in [1.29, 1.82) is 0 Å². The predicted molar refractivity (Wildman–Crippen MR) is 109 cm³/mol. The van der Waals surface area contributed by atoms with Crippen molar-refractivity contribution in [3.05, 3.63) is 66.1 Å². The monoisotopic (exact) mass is 410 g/mol. The number of nitrogens with one attached hydrogen (secondary N) is 1. The number of thioether (sulfide) groups is 1. The van der Waals surface area contributed by atoms with Crippen LogP contribution < -0.4 is 10.1 Å². The molecule has 2 aromatic carbocycles. The first-order chi connectivity index (χ1) is 14.1. The number of hydrogen-bond donors (Lipinski definition) is 1. The lowest BCUT2D eigenvalue weighted by Crippen LogP contribution is -2.37. The van der Waals surface area contributed by atoms with Gasteiger partial charge in [0.2, 0.25) is 5.91 Å². The fourth-order valence-electron chi connectivity index (χ4n) is 2.95. The molecule has 1 fully saturated rings. The summed E-state index contributed by atoms with van der Waals surface area (Å²) >= 11 is 0.968. The Bertz CT molecular complexity index is 1060. The molecule has 3 aromatic rings. The molecule has 0 aliphatic carbocycles. The van der Waals surface area contributed by atoms with Crippen molar-refractivity contribution in [2.45, 2.75) is 6.61 Å². The van der Waals surface area contributed by atoms with Crippen LogP contribution in [0, 0.1) is 0 Å². The van der Waals surface area contributed by atoms with Crippen molar-refractivity contribution in [2.24, 2.45) is 0 Å². The highest BCUT2D eigenvalue weighted by molar-refractivity contribution is 8.14. The molecule has 1 aliphatic rings. The van der Waals surface area contributed by atoms with Crippen LogP contribution >= 0.6 is 11.8 Å². The molecule has 148 valence electrons. The maximum atomic E-state index is 12.2. The van der Waals surface area contributed by atoms with Gasteiger partial charge in [0.1, 0.15) is 18.1 Å². The molecule has 1 N–H and O–H groups in total. The minimum absolute atomic E-state index is 0.148. The van der Waals surface area contributed by atoms with Gasteiger partial charge in [-0.2, -0.15) is 0 Å². The quantitative estimate of drug-likeness (QED) is 0.642. The van der Waals surface area contributed by atoms with E-state index in [1.54, 1.807) is 12.1 Å². The van der Waals surface area contributed by atoms with E-state index >= 15 is 0 Å². The average Bonchev–Trinajstić information content (AvgIpc) is 3.34. The van der Waals surface area contributed by atoms with E-state index in [2.05, 4.69) is 5.32 Å². The maximum absolute atomic E-state index is 12.2. The molecule has 0 bridgehead atoms. The molecule has 1 aromatic heterocycles. The van der Waals surface area contributed by atoms with Gasteiger partial charge in [-0.3, -0.25) is 19.3 Å². The molecule has 1 saturated heterocycles. The van der Waals surface area contributed by atoms with Crippen LogP contribution in [0.15, 0.2) is 59.0 Å². The number of imide groups is 1. The van der Waals surface area contributed by atoms with Crippen LogP contribution in [0.25, 0.3) is 10.8 Å². The van der Waals surface area contributed by atoms with Gasteiger partial charge in [-0.25, -0.2) is 0 Å². The topological polar surface area (TPSA) is 88.9 Å². The number of ether oxygens (including phenoxy) is 1. The molecule has 0 unspecified atom stereocenters. The summed E-state index contributed by atoms with van der Waals surface area (Å²) in [5.41, 5.74) is 0. The summed E-state index contributed by atoms with van der Waals surface area (Å²) in [5, 5.41) is 4.58. The van der Waals surface area contributed by atoms with Crippen LogP contribution in [0.2, 0.25) is 0 Å². The molecule has 0 saturated carbocycles. The van der Waals surface area contributed by atoms with Gasteiger partial charge in [0.15, 0.2) is 5.76 Å². The predicted octanol–water partition coefficient (Wildman–Crippen LogP) is 3.44. The highest BCUT2D eigenvalue weighted by atomic mass is 32.2. The molecule has 4 rings (SSSR count). The first-order valence-corrected chi connectivity index (χ1v) is 10.0. The summed E-state index contributed by atoms with van der Waals surface area (Å²) in [6.45, 7) is 0.509. The molecule has 8 heteroatoms. The zero-order chi connectivity index (χ0) is 20.2. The molecular weight excluding hydrogens is 392 g/mol. The number of carbonyl (C=O) groups excluding carboxylic acids is 3. The van der Waals surface area contributed by atoms with Crippen LogP contribution in [-0.4, -0.2) is 40.8 Å². The summed E-state index contributed by atoms with van der Waals surface area (Å²) in [7, 11) is 0. The van der Waals surface area contributed by atoms with E-state index in [4.69, 9.17) is 9.15 Å². The summed E-state index contributed by atoms with van der Waals surface area (Å²) in [4.78, 5) is 36.4. The second kappa shape index (κ2) is 8.40. The van der Waals surface area contributed by atoms with Gasteiger partial charge >= 0.3 is 0 Å². The molecule has 7 nitrogen and oxygen atoms in total. The Morgan fingerprint density at radius 2 is 1.93 bits per heavy atom. The van der Waals surface area contributed by atoms with E-state index in [-0.39, 0.29) is 42.4 Å². The number of amides is 3. The SMILES string of the molecule is O=C(NCCN1C(=O)CSC1=O)c1ccc(COc2ccc3ccccc3c2)o1. The van der Waals surface area contributed by atoms with Crippen molar-refractivity contribution in [3.63, 3.8) is 0 Å². The minimum atomic E-state index is -0.409. The molecule has 0 radical (unpaired) electrons. The number of furan rings is 1. The number of benzene rings is 2. The van der Waals surface area contributed by atoms with Gasteiger partial charge in [0, 0.05) is 13.1 Å². The Labute approximate surface area is 171 Å². The van der Waals surface area contributed by atoms with Gasteiger partial charge < -0.3 is 14.5 Å². The van der Waals surface area contributed by atoms with Crippen LogP contribution in [0.4, 0.5) is 4.79 Å². The Hall–Kier alpha value is -3.26. The Balaban J connectivity index is 1.28. The van der Waals surface area contributed by atoms with Crippen LogP contribution in [0.5, 0.6) is 5.75 Å². The molecule has 1 aliphatic heterocycles. The van der Waals surface area contributed by atoms with Gasteiger partial charge in [0.05, 0.1) is 5.75 Å². The Morgan fingerprint density at radius 1 is 1.10 bits per heavy atom.